The second kappa shape index (κ2) is 8.59. The van der Waals surface area contributed by atoms with Crippen LogP contribution in [0.15, 0.2) is 23.6 Å². The molecule has 1 saturated heterocycles. The highest BCUT2D eigenvalue weighted by atomic mass is 32.1. The van der Waals surface area contributed by atoms with E-state index in [0.29, 0.717) is 31.3 Å². The molecule has 0 spiro atoms. The largest absolute Gasteiger partial charge is 0.486 e. The number of benzene rings is 1. The average molecular weight is 398 g/mol. The summed E-state index contributed by atoms with van der Waals surface area (Å²) >= 11 is 1.42. The Kier molecular flexibility index (Phi) is 5.74. The molecule has 1 aromatic carbocycles. The van der Waals surface area contributed by atoms with E-state index in [1.807, 2.05) is 23.6 Å². The van der Waals surface area contributed by atoms with Gasteiger partial charge in [0.05, 0.1) is 17.7 Å². The SMILES string of the molecule is N#CCCN1CCCC(C(=O)Nc2nc(-c3ccc4c(c3)OCCO4)cs2)C1. The molecular formula is C20H22N4O3S. The van der Waals surface area contributed by atoms with Crippen molar-refractivity contribution in [2.24, 2.45) is 5.92 Å². The lowest BCUT2D eigenvalue weighted by molar-refractivity contribution is -0.121. The molecule has 1 aromatic heterocycles. The first kappa shape index (κ1) is 18.7. The first-order valence-electron chi connectivity index (χ1n) is 9.48. The van der Waals surface area contributed by atoms with Crippen LogP contribution in [0.4, 0.5) is 5.13 Å². The molecule has 0 radical (unpaired) electrons. The lowest BCUT2D eigenvalue weighted by Gasteiger charge is -2.31. The number of likely N-dealkylation sites (tertiary alicyclic amines) is 1. The maximum absolute atomic E-state index is 12.7. The van der Waals surface area contributed by atoms with Crippen molar-refractivity contribution in [3.63, 3.8) is 0 Å². The zero-order valence-corrected chi connectivity index (χ0v) is 16.3. The van der Waals surface area contributed by atoms with E-state index in [1.54, 1.807) is 0 Å². The molecular weight excluding hydrogens is 376 g/mol. The number of hydrogen-bond acceptors (Lipinski definition) is 7. The molecule has 146 valence electrons. The maximum Gasteiger partial charge on any atom is 0.230 e. The molecule has 3 heterocycles. The van der Waals surface area contributed by atoms with Crippen LogP contribution in [-0.4, -0.2) is 48.6 Å². The number of carbonyl (C=O) groups excluding carboxylic acids is 1. The van der Waals surface area contributed by atoms with Crippen LogP contribution in [0, 0.1) is 17.2 Å². The van der Waals surface area contributed by atoms with Crippen LogP contribution in [0.1, 0.15) is 19.3 Å². The number of carbonyl (C=O) groups is 1. The minimum Gasteiger partial charge on any atom is -0.486 e. The Morgan fingerprint density at radius 3 is 3.07 bits per heavy atom. The number of hydrogen-bond donors (Lipinski definition) is 1. The van der Waals surface area contributed by atoms with E-state index in [9.17, 15) is 4.79 Å². The Balaban J connectivity index is 1.39. The van der Waals surface area contributed by atoms with Crippen LogP contribution in [0.3, 0.4) is 0 Å². The number of nitrogens with one attached hydrogen (secondary N) is 1. The summed E-state index contributed by atoms with van der Waals surface area (Å²) in [5, 5.41) is 14.2. The summed E-state index contributed by atoms with van der Waals surface area (Å²) in [5.74, 6) is 1.41. The Hall–Kier alpha value is -2.63. The standard InChI is InChI=1S/C20H22N4O3S/c21-6-2-8-24-7-1-3-15(12-24)19(25)23-20-22-16(13-28-20)14-4-5-17-18(11-14)27-10-9-26-17/h4-5,11,13,15H,1-3,7-10,12H2,(H,22,23,25). The van der Waals surface area contributed by atoms with E-state index in [1.165, 1.54) is 11.3 Å². The summed E-state index contributed by atoms with van der Waals surface area (Å²) in [6.45, 7) is 3.49. The predicted octanol–water partition coefficient (Wildman–Crippen LogP) is 3.15. The van der Waals surface area contributed by atoms with Crippen LogP contribution >= 0.6 is 11.3 Å². The number of nitriles is 1. The number of piperidine rings is 1. The maximum atomic E-state index is 12.7. The van der Waals surface area contributed by atoms with Gasteiger partial charge in [-0.05, 0) is 37.6 Å². The van der Waals surface area contributed by atoms with Crippen LogP contribution in [0.2, 0.25) is 0 Å². The Labute approximate surface area is 167 Å². The number of aromatic nitrogens is 1. The van der Waals surface area contributed by atoms with E-state index in [2.05, 4.69) is 21.3 Å². The first-order valence-corrected chi connectivity index (χ1v) is 10.4. The molecule has 0 saturated carbocycles. The molecule has 1 fully saturated rings. The molecule has 0 aliphatic carbocycles. The molecule has 2 aliphatic heterocycles. The summed E-state index contributed by atoms with van der Waals surface area (Å²) in [4.78, 5) is 19.4. The zero-order valence-electron chi connectivity index (χ0n) is 15.5. The van der Waals surface area contributed by atoms with Gasteiger partial charge in [-0.25, -0.2) is 4.98 Å². The molecule has 2 aliphatic rings. The highest BCUT2D eigenvalue weighted by molar-refractivity contribution is 7.14. The summed E-state index contributed by atoms with van der Waals surface area (Å²) in [6, 6.07) is 7.92. The minimum atomic E-state index is -0.0610. The zero-order chi connectivity index (χ0) is 19.3. The van der Waals surface area contributed by atoms with E-state index in [0.717, 1.165) is 48.7 Å². The van der Waals surface area contributed by atoms with Crippen LogP contribution in [0.5, 0.6) is 11.5 Å². The third kappa shape index (κ3) is 4.26. The van der Waals surface area contributed by atoms with E-state index < -0.39 is 0 Å². The van der Waals surface area contributed by atoms with Gasteiger partial charge in [-0.15, -0.1) is 11.3 Å². The van der Waals surface area contributed by atoms with Gasteiger partial charge in [0, 0.05) is 30.5 Å². The van der Waals surface area contributed by atoms with Crippen molar-refractivity contribution in [3.8, 4) is 28.8 Å². The molecule has 7 nitrogen and oxygen atoms in total. The van der Waals surface area contributed by atoms with Gasteiger partial charge in [-0.1, -0.05) is 0 Å². The van der Waals surface area contributed by atoms with E-state index in [4.69, 9.17) is 14.7 Å². The third-order valence-electron chi connectivity index (χ3n) is 4.99. The van der Waals surface area contributed by atoms with Gasteiger partial charge in [-0.3, -0.25) is 4.79 Å². The predicted molar refractivity (Wildman–Crippen MR) is 107 cm³/mol. The summed E-state index contributed by atoms with van der Waals surface area (Å²) in [7, 11) is 0. The van der Waals surface area contributed by atoms with E-state index in [-0.39, 0.29) is 11.8 Å². The third-order valence-corrected chi connectivity index (χ3v) is 5.75. The lowest BCUT2D eigenvalue weighted by Crippen LogP contribution is -2.41. The topological polar surface area (TPSA) is 87.5 Å². The van der Waals surface area contributed by atoms with E-state index >= 15 is 0 Å². The average Bonchev–Trinajstić information content (AvgIpc) is 3.20. The molecule has 1 unspecified atom stereocenters. The number of rotatable bonds is 5. The first-order chi connectivity index (χ1) is 13.7. The second-order valence-electron chi connectivity index (χ2n) is 6.93. The minimum absolute atomic E-state index is 0.00438. The molecule has 1 N–H and O–H groups in total. The summed E-state index contributed by atoms with van der Waals surface area (Å²) in [6.07, 6.45) is 2.35. The Bertz CT molecular complexity index is 892. The van der Waals surface area contributed by atoms with Crippen molar-refractivity contribution in [3.05, 3.63) is 23.6 Å². The van der Waals surface area contributed by atoms with Gasteiger partial charge < -0.3 is 19.7 Å². The number of anilines is 1. The van der Waals surface area contributed by atoms with Gasteiger partial charge >= 0.3 is 0 Å². The molecule has 8 heteroatoms. The second-order valence-corrected chi connectivity index (χ2v) is 7.79. The van der Waals surface area contributed by atoms with Gasteiger partial charge in [-0.2, -0.15) is 5.26 Å². The summed E-state index contributed by atoms with van der Waals surface area (Å²) in [5.41, 5.74) is 1.73. The van der Waals surface area contributed by atoms with Crippen molar-refractivity contribution in [1.82, 2.24) is 9.88 Å². The Morgan fingerprint density at radius 2 is 2.21 bits per heavy atom. The van der Waals surface area contributed by atoms with Crippen molar-refractivity contribution in [2.75, 3.05) is 38.2 Å². The van der Waals surface area contributed by atoms with Gasteiger partial charge in [0.15, 0.2) is 16.6 Å². The number of fused-ring (bicyclic) bond motifs is 1. The molecule has 4 rings (SSSR count). The molecule has 2 aromatic rings. The van der Waals surface area contributed by atoms with Crippen molar-refractivity contribution >= 4 is 22.4 Å². The number of amides is 1. The quantitative estimate of drug-likeness (QED) is 0.833. The molecule has 1 amide bonds. The van der Waals surface area contributed by atoms with Crippen molar-refractivity contribution < 1.29 is 14.3 Å². The summed E-state index contributed by atoms with van der Waals surface area (Å²) < 4.78 is 11.2. The number of ether oxygens (including phenoxy) is 2. The highest BCUT2D eigenvalue weighted by Crippen LogP contribution is 2.35. The normalized spacial score (nSPS) is 19.0. The molecule has 0 bridgehead atoms. The van der Waals surface area contributed by atoms with Crippen molar-refractivity contribution in [1.29, 1.82) is 5.26 Å². The van der Waals surface area contributed by atoms with Crippen LogP contribution in [0.25, 0.3) is 11.3 Å². The molecule has 1 atom stereocenters. The Morgan fingerprint density at radius 1 is 1.36 bits per heavy atom. The lowest BCUT2D eigenvalue weighted by atomic mass is 9.97. The monoisotopic (exact) mass is 398 g/mol. The fourth-order valence-electron chi connectivity index (χ4n) is 3.55. The van der Waals surface area contributed by atoms with Crippen LogP contribution in [-0.2, 0) is 4.79 Å². The number of nitrogens with zero attached hydrogens (tertiary/aromatic N) is 3. The van der Waals surface area contributed by atoms with Gasteiger partial charge in [0.25, 0.3) is 0 Å². The highest BCUT2D eigenvalue weighted by Gasteiger charge is 2.26. The fourth-order valence-corrected chi connectivity index (χ4v) is 4.28. The fraction of sp³-hybridized carbons (Fsp3) is 0.450. The molecule has 28 heavy (non-hydrogen) atoms. The number of thiazole rings is 1. The van der Waals surface area contributed by atoms with Gasteiger partial charge in [0.2, 0.25) is 5.91 Å². The van der Waals surface area contributed by atoms with Crippen molar-refractivity contribution in [2.45, 2.75) is 19.3 Å². The van der Waals surface area contributed by atoms with Gasteiger partial charge in [0.1, 0.15) is 13.2 Å². The van der Waals surface area contributed by atoms with Crippen LogP contribution < -0.4 is 14.8 Å². The smallest absolute Gasteiger partial charge is 0.230 e.